The molecule has 3 N–H and O–H groups in total. The Balaban J connectivity index is 1.53. The van der Waals surface area contributed by atoms with Crippen LogP contribution in [0.2, 0.25) is 0 Å². The average Bonchev–Trinajstić information content (AvgIpc) is 2.76. The van der Waals surface area contributed by atoms with Crippen LogP contribution in [-0.2, 0) is 4.74 Å². The Bertz CT molecular complexity index is 1220. The van der Waals surface area contributed by atoms with E-state index >= 15 is 0 Å². The highest BCUT2D eigenvalue weighted by Crippen LogP contribution is 2.33. The quantitative estimate of drug-likeness (QED) is 0.420. The standard InChI is InChI=1S/C24H27BrFN5O3/c1-24(2,3)34-23(32)31-8-4-5-15(12-31)33-21-11-20-16(10-18(21)27)22(29-13-28-20)30-19-7-6-14(25)9-17(19)26/h6-7,9-11,13,15H,4-5,8,12,27H2,1-3H3,(H,28,29,30). The Hall–Kier alpha value is -3.14. The molecule has 1 aliphatic heterocycles. The minimum atomic E-state index is -0.557. The van der Waals surface area contributed by atoms with Crippen LogP contribution in [0.4, 0.5) is 26.4 Å². The molecular weight excluding hydrogens is 505 g/mol. The van der Waals surface area contributed by atoms with E-state index in [1.54, 1.807) is 29.2 Å². The first kappa shape index (κ1) is 24.0. The fourth-order valence-corrected chi connectivity index (χ4v) is 4.06. The lowest BCUT2D eigenvalue weighted by Crippen LogP contribution is -2.46. The number of hydrogen-bond donors (Lipinski definition) is 2. The zero-order chi connectivity index (χ0) is 24.5. The minimum Gasteiger partial charge on any atom is -0.486 e. The molecule has 0 saturated carbocycles. The molecule has 0 bridgehead atoms. The highest BCUT2D eigenvalue weighted by atomic mass is 79.9. The topological polar surface area (TPSA) is 103 Å². The monoisotopic (exact) mass is 531 g/mol. The van der Waals surface area contributed by atoms with Crippen LogP contribution in [0.15, 0.2) is 41.1 Å². The Morgan fingerprint density at radius 3 is 2.79 bits per heavy atom. The van der Waals surface area contributed by atoms with Gasteiger partial charge in [-0.2, -0.15) is 0 Å². The SMILES string of the molecule is CC(C)(C)OC(=O)N1CCCC(Oc2cc3ncnc(Nc4ccc(Br)cc4F)c3cc2N)C1. The second-order valence-electron chi connectivity index (χ2n) is 9.19. The molecular formula is C24H27BrFN5O3. The maximum atomic E-state index is 14.3. The Kier molecular flexibility index (Phi) is 6.79. The van der Waals surface area contributed by atoms with Crippen molar-refractivity contribution in [2.75, 3.05) is 24.1 Å². The number of likely N-dealkylation sites (tertiary alicyclic amines) is 1. The van der Waals surface area contributed by atoms with E-state index in [0.717, 1.165) is 12.8 Å². The van der Waals surface area contributed by atoms with Gasteiger partial charge in [0.1, 0.15) is 35.4 Å². The number of ether oxygens (including phenoxy) is 2. The molecule has 1 amide bonds. The molecule has 0 radical (unpaired) electrons. The molecule has 1 unspecified atom stereocenters. The summed E-state index contributed by atoms with van der Waals surface area (Å²) in [5, 5.41) is 3.64. The third-order valence-electron chi connectivity index (χ3n) is 5.27. The number of nitrogens with two attached hydrogens (primary N) is 1. The van der Waals surface area contributed by atoms with E-state index in [2.05, 4.69) is 31.2 Å². The molecule has 34 heavy (non-hydrogen) atoms. The molecule has 2 aromatic carbocycles. The second-order valence-corrected chi connectivity index (χ2v) is 10.1. The van der Waals surface area contributed by atoms with Gasteiger partial charge in [0.25, 0.3) is 0 Å². The smallest absolute Gasteiger partial charge is 0.410 e. The molecule has 8 nitrogen and oxygen atoms in total. The molecule has 1 fully saturated rings. The number of nitrogens with one attached hydrogen (secondary N) is 1. The van der Waals surface area contributed by atoms with Crippen LogP contribution in [0, 0.1) is 5.82 Å². The highest BCUT2D eigenvalue weighted by molar-refractivity contribution is 9.10. The molecule has 3 aromatic rings. The van der Waals surface area contributed by atoms with Gasteiger partial charge in [0.05, 0.1) is 23.4 Å². The molecule has 4 rings (SSSR count). The number of halogens is 2. The first-order chi connectivity index (χ1) is 16.1. The van der Waals surface area contributed by atoms with E-state index in [1.165, 1.54) is 12.4 Å². The van der Waals surface area contributed by atoms with Gasteiger partial charge in [0.2, 0.25) is 0 Å². The number of rotatable bonds is 4. The highest BCUT2D eigenvalue weighted by Gasteiger charge is 2.29. The summed E-state index contributed by atoms with van der Waals surface area (Å²) >= 11 is 3.25. The van der Waals surface area contributed by atoms with E-state index in [0.29, 0.717) is 45.7 Å². The van der Waals surface area contributed by atoms with Crippen molar-refractivity contribution >= 4 is 50.1 Å². The summed E-state index contributed by atoms with van der Waals surface area (Å²) in [6.07, 6.45) is 2.41. The lowest BCUT2D eigenvalue weighted by molar-refractivity contribution is 0.00787. The van der Waals surface area contributed by atoms with E-state index in [4.69, 9.17) is 15.2 Å². The minimum absolute atomic E-state index is 0.225. The van der Waals surface area contributed by atoms with Crippen LogP contribution in [0.1, 0.15) is 33.6 Å². The van der Waals surface area contributed by atoms with E-state index in [-0.39, 0.29) is 17.9 Å². The van der Waals surface area contributed by atoms with Crippen molar-refractivity contribution < 1.29 is 18.7 Å². The normalized spacial score (nSPS) is 16.4. The summed E-state index contributed by atoms with van der Waals surface area (Å²) in [6, 6.07) is 8.17. The number of nitrogens with zero attached hydrogens (tertiary/aromatic N) is 3. The van der Waals surface area contributed by atoms with Crippen LogP contribution >= 0.6 is 15.9 Å². The predicted molar refractivity (Wildman–Crippen MR) is 133 cm³/mol. The van der Waals surface area contributed by atoms with Crippen LogP contribution in [0.3, 0.4) is 0 Å². The fraction of sp³-hybridized carbons (Fsp3) is 0.375. The maximum Gasteiger partial charge on any atom is 0.410 e. The number of nitrogen functional groups attached to an aromatic ring is 1. The fourth-order valence-electron chi connectivity index (χ4n) is 3.73. The van der Waals surface area contributed by atoms with Gasteiger partial charge in [0.15, 0.2) is 0 Å². The van der Waals surface area contributed by atoms with Gasteiger partial charge < -0.3 is 25.4 Å². The predicted octanol–water partition coefficient (Wildman–Crippen LogP) is 5.64. The van der Waals surface area contributed by atoms with Crippen molar-refractivity contribution in [1.82, 2.24) is 14.9 Å². The zero-order valence-electron chi connectivity index (χ0n) is 19.3. The first-order valence-electron chi connectivity index (χ1n) is 11.0. The van der Waals surface area contributed by atoms with Crippen molar-refractivity contribution in [1.29, 1.82) is 0 Å². The molecule has 1 atom stereocenters. The van der Waals surface area contributed by atoms with Gasteiger partial charge in [-0.3, -0.25) is 0 Å². The molecule has 0 spiro atoms. The van der Waals surface area contributed by atoms with Gasteiger partial charge in [-0.05, 0) is 57.9 Å². The van der Waals surface area contributed by atoms with Gasteiger partial charge in [-0.25, -0.2) is 19.2 Å². The molecule has 180 valence electrons. The maximum absolute atomic E-state index is 14.3. The van der Waals surface area contributed by atoms with E-state index < -0.39 is 11.4 Å². The summed E-state index contributed by atoms with van der Waals surface area (Å²) in [4.78, 5) is 22.7. The number of hydrogen-bond acceptors (Lipinski definition) is 7. The molecule has 2 heterocycles. The largest absolute Gasteiger partial charge is 0.486 e. The molecule has 10 heteroatoms. The van der Waals surface area contributed by atoms with Gasteiger partial charge in [-0.15, -0.1) is 0 Å². The second kappa shape index (κ2) is 9.61. The number of amides is 1. The lowest BCUT2D eigenvalue weighted by atomic mass is 10.1. The van der Waals surface area contributed by atoms with Crippen molar-refractivity contribution in [3.8, 4) is 5.75 Å². The van der Waals surface area contributed by atoms with Crippen LogP contribution < -0.4 is 15.8 Å². The number of aromatic nitrogens is 2. The van der Waals surface area contributed by atoms with Crippen molar-refractivity contribution in [2.45, 2.75) is 45.3 Å². The van der Waals surface area contributed by atoms with Gasteiger partial charge in [0, 0.05) is 22.5 Å². The average molecular weight is 532 g/mol. The first-order valence-corrected chi connectivity index (χ1v) is 11.8. The third-order valence-corrected chi connectivity index (χ3v) is 5.77. The van der Waals surface area contributed by atoms with Crippen LogP contribution in [0.25, 0.3) is 10.9 Å². The Labute approximate surface area is 205 Å². The van der Waals surface area contributed by atoms with Crippen molar-refractivity contribution in [3.05, 3.63) is 46.9 Å². The Morgan fingerprint density at radius 1 is 1.26 bits per heavy atom. The third kappa shape index (κ3) is 5.67. The van der Waals surface area contributed by atoms with E-state index in [1.807, 2.05) is 20.8 Å². The number of carbonyl (C=O) groups excluding carboxylic acids is 1. The number of fused-ring (bicyclic) bond motifs is 1. The Morgan fingerprint density at radius 2 is 2.06 bits per heavy atom. The summed E-state index contributed by atoms with van der Waals surface area (Å²) in [6.45, 7) is 6.56. The zero-order valence-corrected chi connectivity index (χ0v) is 20.9. The lowest BCUT2D eigenvalue weighted by Gasteiger charge is -2.34. The van der Waals surface area contributed by atoms with Gasteiger partial charge >= 0.3 is 6.09 Å². The number of benzene rings is 2. The summed E-state index contributed by atoms with van der Waals surface area (Å²) in [5.41, 5.74) is 7.02. The molecule has 1 saturated heterocycles. The van der Waals surface area contributed by atoms with Crippen LogP contribution in [-0.4, -0.2) is 45.8 Å². The molecule has 0 aliphatic carbocycles. The summed E-state index contributed by atoms with van der Waals surface area (Å²) < 4.78 is 26.6. The number of carbonyl (C=O) groups is 1. The van der Waals surface area contributed by atoms with E-state index in [9.17, 15) is 9.18 Å². The summed E-state index contributed by atoms with van der Waals surface area (Å²) in [7, 11) is 0. The van der Waals surface area contributed by atoms with Gasteiger partial charge in [-0.1, -0.05) is 15.9 Å². The molecule has 1 aromatic heterocycles. The number of piperidine rings is 1. The molecule has 1 aliphatic rings. The van der Waals surface area contributed by atoms with Crippen molar-refractivity contribution in [3.63, 3.8) is 0 Å². The summed E-state index contributed by atoms with van der Waals surface area (Å²) in [5.74, 6) is 0.488. The number of anilines is 3. The van der Waals surface area contributed by atoms with Crippen LogP contribution in [0.5, 0.6) is 5.75 Å². The van der Waals surface area contributed by atoms with Crippen molar-refractivity contribution in [2.24, 2.45) is 0 Å².